The van der Waals surface area contributed by atoms with Crippen LogP contribution < -0.4 is 29.6 Å². The SMILES string of the molecule is [CH2-]CCS(=O)(=O)OC.[Na+]. The molecule has 0 aromatic carbocycles. The van der Waals surface area contributed by atoms with Gasteiger partial charge in [-0.15, -0.1) is 0 Å². The van der Waals surface area contributed by atoms with Crippen LogP contribution in [0.25, 0.3) is 0 Å². The monoisotopic (exact) mass is 160 g/mol. The van der Waals surface area contributed by atoms with Gasteiger partial charge in [0.2, 0.25) is 0 Å². The number of hydrogen-bond donors (Lipinski definition) is 0. The van der Waals surface area contributed by atoms with Crippen LogP contribution in [0.5, 0.6) is 0 Å². The predicted octanol–water partition coefficient (Wildman–Crippen LogP) is -2.81. The molecule has 0 aromatic heterocycles. The minimum atomic E-state index is -3.23. The Hall–Kier alpha value is 0.910. The molecular formula is C4H9NaO3S. The summed E-state index contributed by atoms with van der Waals surface area (Å²) in [6.07, 6.45) is 0.357. The summed E-state index contributed by atoms with van der Waals surface area (Å²) < 4.78 is 24.8. The van der Waals surface area contributed by atoms with Crippen molar-refractivity contribution in [3.8, 4) is 0 Å². The van der Waals surface area contributed by atoms with Crippen LogP contribution in [0.2, 0.25) is 0 Å². The van der Waals surface area contributed by atoms with Crippen molar-refractivity contribution < 1.29 is 42.2 Å². The van der Waals surface area contributed by atoms with E-state index >= 15 is 0 Å². The van der Waals surface area contributed by atoms with Crippen molar-refractivity contribution in [2.45, 2.75) is 6.42 Å². The summed E-state index contributed by atoms with van der Waals surface area (Å²) in [5.74, 6) is 0.00347. The Labute approximate surface area is 78.2 Å². The van der Waals surface area contributed by atoms with Crippen molar-refractivity contribution in [2.24, 2.45) is 0 Å². The van der Waals surface area contributed by atoms with E-state index in [0.717, 1.165) is 7.11 Å². The Morgan fingerprint density at radius 2 is 2.00 bits per heavy atom. The van der Waals surface area contributed by atoms with E-state index in [1.54, 1.807) is 0 Å². The third kappa shape index (κ3) is 6.80. The van der Waals surface area contributed by atoms with Crippen molar-refractivity contribution in [3.05, 3.63) is 6.92 Å². The zero-order valence-electron chi connectivity index (χ0n) is 5.75. The summed E-state index contributed by atoms with van der Waals surface area (Å²) in [5, 5.41) is 0. The van der Waals surface area contributed by atoms with Crippen LogP contribution in [0.3, 0.4) is 0 Å². The van der Waals surface area contributed by atoms with Gasteiger partial charge in [0.15, 0.2) is 0 Å². The van der Waals surface area contributed by atoms with Gasteiger partial charge in [-0.1, -0.05) is 0 Å². The molecule has 0 rings (SSSR count). The molecule has 0 aliphatic heterocycles. The molecular weight excluding hydrogens is 151 g/mol. The molecule has 0 bridgehead atoms. The van der Waals surface area contributed by atoms with Crippen molar-refractivity contribution in [1.29, 1.82) is 0 Å². The van der Waals surface area contributed by atoms with Crippen LogP contribution in [-0.2, 0) is 14.3 Å². The third-order valence-corrected chi connectivity index (χ3v) is 1.94. The van der Waals surface area contributed by atoms with E-state index in [0.29, 0.717) is 6.42 Å². The second-order valence-electron chi connectivity index (χ2n) is 1.28. The minimum absolute atomic E-state index is 0. The van der Waals surface area contributed by atoms with Gasteiger partial charge in [-0.25, -0.2) is 0 Å². The average molecular weight is 160 g/mol. The third-order valence-electron chi connectivity index (χ3n) is 0.648. The molecule has 9 heavy (non-hydrogen) atoms. The Kier molecular flexibility index (Phi) is 7.93. The van der Waals surface area contributed by atoms with E-state index in [9.17, 15) is 8.42 Å². The Morgan fingerprint density at radius 3 is 2.11 bits per heavy atom. The average Bonchev–Trinajstić information content (AvgIpc) is 1.67. The summed E-state index contributed by atoms with van der Waals surface area (Å²) in [4.78, 5) is 0. The van der Waals surface area contributed by atoms with Gasteiger partial charge in [0.25, 0.3) is 10.1 Å². The Bertz CT molecular complexity index is 140. The molecule has 50 valence electrons. The Balaban J connectivity index is 0. The molecule has 0 atom stereocenters. The van der Waals surface area contributed by atoms with Gasteiger partial charge in [-0.05, 0) is 0 Å². The molecule has 0 aliphatic rings. The first kappa shape index (κ1) is 12.6. The van der Waals surface area contributed by atoms with Crippen LogP contribution in [0, 0.1) is 6.92 Å². The van der Waals surface area contributed by atoms with Crippen molar-refractivity contribution >= 4 is 10.1 Å². The van der Waals surface area contributed by atoms with Crippen LogP contribution in [0.4, 0.5) is 0 Å². The quantitative estimate of drug-likeness (QED) is 0.254. The van der Waals surface area contributed by atoms with E-state index in [-0.39, 0.29) is 35.3 Å². The van der Waals surface area contributed by atoms with Crippen molar-refractivity contribution in [2.75, 3.05) is 12.9 Å². The minimum Gasteiger partial charge on any atom is -0.342 e. The molecule has 0 aromatic rings. The fraction of sp³-hybridized carbons (Fsp3) is 0.750. The molecule has 0 saturated carbocycles. The number of rotatable bonds is 3. The molecule has 0 saturated heterocycles. The van der Waals surface area contributed by atoms with E-state index < -0.39 is 10.1 Å². The molecule has 0 fully saturated rings. The maximum absolute atomic E-state index is 10.3. The molecule has 0 spiro atoms. The zero-order valence-corrected chi connectivity index (χ0v) is 8.57. The van der Waals surface area contributed by atoms with E-state index in [4.69, 9.17) is 0 Å². The summed E-state index contributed by atoms with van der Waals surface area (Å²) >= 11 is 0. The fourth-order valence-electron chi connectivity index (χ4n) is 0.260. The molecule has 0 N–H and O–H groups in total. The largest absolute Gasteiger partial charge is 1.00 e. The van der Waals surface area contributed by atoms with Gasteiger partial charge < -0.3 is 6.92 Å². The molecule has 0 amide bonds. The summed E-state index contributed by atoms with van der Waals surface area (Å²) in [5.41, 5.74) is 0. The molecule has 5 heteroatoms. The first-order chi connectivity index (χ1) is 3.62. The maximum Gasteiger partial charge on any atom is 1.00 e. The van der Waals surface area contributed by atoms with Gasteiger partial charge >= 0.3 is 29.6 Å². The standard InChI is InChI=1S/C4H9O3S.Na/c1-3-4-8(5,6)7-2;/h1,3-4H2,2H3;/q-1;+1. The summed E-state index contributed by atoms with van der Waals surface area (Å²) in [6.45, 7) is 3.36. The van der Waals surface area contributed by atoms with Crippen LogP contribution in [0.15, 0.2) is 0 Å². The zero-order chi connectivity index (χ0) is 6.62. The maximum atomic E-state index is 10.3. The Morgan fingerprint density at radius 1 is 1.56 bits per heavy atom. The van der Waals surface area contributed by atoms with E-state index in [1.165, 1.54) is 0 Å². The predicted molar refractivity (Wildman–Crippen MR) is 30.8 cm³/mol. The molecule has 0 aliphatic carbocycles. The second-order valence-corrected chi connectivity index (χ2v) is 3.14. The van der Waals surface area contributed by atoms with Gasteiger partial charge in [0.1, 0.15) is 0 Å². The fourth-order valence-corrected chi connectivity index (χ4v) is 0.780. The molecule has 3 nitrogen and oxygen atoms in total. The first-order valence-electron chi connectivity index (χ1n) is 2.20. The van der Waals surface area contributed by atoms with Crippen LogP contribution >= 0.6 is 0 Å². The first-order valence-corrected chi connectivity index (χ1v) is 3.77. The van der Waals surface area contributed by atoms with Gasteiger partial charge in [0, 0.05) is 5.75 Å². The molecule has 0 unspecified atom stereocenters. The van der Waals surface area contributed by atoms with Crippen LogP contribution in [-0.4, -0.2) is 21.3 Å². The van der Waals surface area contributed by atoms with Gasteiger partial charge in [-0.2, -0.15) is 14.8 Å². The van der Waals surface area contributed by atoms with Crippen molar-refractivity contribution in [3.63, 3.8) is 0 Å². The van der Waals surface area contributed by atoms with Gasteiger partial charge in [0.05, 0.1) is 7.11 Å². The van der Waals surface area contributed by atoms with E-state index in [2.05, 4.69) is 11.1 Å². The summed E-state index contributed by atoms with van der Waals surface area (Å²) in [7, 11) is -2.09. The van der Waals surface area contributed by atoms with Crippen molar-refractivity contribution in [1.82, 2.24) is 0 Å². The smallest absolute Gasteiger partial charge is 0.342 e. The topological polar surface area (TPSA) is 43.4 Å². The second kappa shape index (κ2) is 5.68. The van der Waals surface area contributed by atoms with E-state index in [1.807, 2.05) is 0 Å². The van der Waals surface area contributed by atoms with Crippen LogP contribution in [0.1, 0.15) is 6.42 Å². The normalized spacial score (nSPS) is 10.4. The molecule has 0 radical (unpaired) electrons. The van der Waals surface area contributed by atoms with Gasteiger partial charge in [-0.3, -0.25) is 4.18 Å². The molecule has 0 heterocycles. The number of hydrogen-bond acceptors (Lipinski definition) is 3. The summed E-state index contributed by atoms with van der Waals surface area (Å²) in [6, 6.07) is 0.